The fraction of sp³-hybridized carbons (Fsp3) is 0.0909. The molecule has 0 N–H and O–H groups in total. The molecule has 0 unspecified atom stereocenters. The van der Waals surface area contributed by atoms with Crippen LogP contribution in [-0.2, 0) is 0 Å². The molecule has 0 amide bonds. The maximum absolute atomic E-state index is 13.0. The Labute approximate surface area is 104 Å². The molecule has 1 aromatic heterocycles. The Morgan fingerprint density at radius 3 is 2.39 bits per heavy atom. The summed E-state index contributed by atoms with van der Waals surface area (Å²) >= 11 is 5.52. The van der Waals surface area contributed by atoms with Crippen molar-refractivity contribution >= 4 is 11.6 Å². The van der Waals surface area contributed by atoms with E-state index in [0.29, 0.717) is 0 Å². The largest absolute Gasteiger partial charge is 0.283 e. The van der Waals surface area contributed by atoms with E-state index in [1.54, 1.807) is 0 Å². The molecule has 94 valence electrons. The molecule has 1 aromatic carbocycles. The zero-order chi connectivity index (χ0) is 13.3. The van der Waals surface area contributed by atoms with E-state index in [0.717, 1.165) is 18.3 Å². The Kier molecular flexibility index (Phi) is 3.47. The second-order valence-corrected chi connectivity index (χ2v) is 3.72. The van der Waals surface area contributed by atoms with Crippen LogP contribution in [0.5, 0.6) is 0 Å². The van der Waals surface area contributed by atoms with E-state index in [9.17, 15) is 17.6 Å². The summed E-state index contributed by atoms with van der Waals surface area (Å²) in [6.07, 6.45) is -1.82. The van der Waals surface area contributed by atoms with E-state index in [-0.39, 0.29) is 11.3 Å². The lowest BCUT2D eigenvalue weighted by molar-refractivity contribution is 0.146. The van der Waals surface area contributed by atoms with Crippen molar-refractivity contribution < 1.29 is 17.6 Å². The molecule has 2 rings (SSSR count). The summed E-state index contributed by atoms with van der Waals surface area (Å²) in [4.78, 5) is 7.11. The molecule has 2 nitrogen and oxygen atoms in total. The molecule has 0 saturated carbocycles. The first-order chi connectivity index (χ1) is 8.49. The highest BCUT2D eigenvalue weighted by Gasteiger charge is 2.16. The van der Waals surface area contributed by atoms with Gasteiger partial charge in [0.25, 0.3) is 6.43 Å². The van der Waals surface area contributed by atoms with E-state index in [1.807, 2.05) is 0 Å². The third-order valence-corrected chi connectivity index (χ3v) is 2.46. The minimum absolute atomic E-state index is 0.0864. The Morgan fingerprint density at radius 2 is 1.83 bits per heavy atom. The minimum atomic E-state index is -2.84. The van der Waals surface area contributed by atoms with Crippen molar-refractivity contribution in [1.82, 2.24) is 9.97 Å². The van der Waals surface area contributed by atoms with Gasteiger partial charge in [0.2, 0.25) is 0 Å². The summed E-state index contributed by atoms with van der Waals surface area (Å²) in [6, 6.07) is 3.04. The quantitative estimate of drug-likeness (QED) is 0.775. The maximum Gasteiger partial charge on any atom is 0.283 e. The van der Waals surface area contributed by atoms with Gasteiger partial charge >= 0.3 is 0 Å². The van der Waals surface area contributed by atoms with Crippen LogP contribution >= 0.6 is 11.6 Å². The molecule has 0 saturated heterocycles. The van der Waals surface area contributed by atoms with Crippen LogP contribution < -0.4 is 0 Å². The lowest BCUT2D eigenvalue weighted by Gasteiger charge is -2.05. The topological polar surface area (TPSA) is 25.8 Å². The number of nitrogens with zero attached hydrogens (tertiary/aromatic N) is 2. The standard InChI is InChI=1S/C11H5ClF4N2/c12-10-9(11(15)16)17-4-8(18-10)5-1-2-6(13)7(14)3-5/h1-4,11H. The van der Waals surface area contributed by atoms with Gasteiger partial charge in [0.05, 0.1) is 11.9 Å². The highest BCUT2D eigenvalue weighted by atomic mass is 35.5. The van der Waals surface area contributed by atoms with Gasteiger partial charge in [-0.15, -0.1) is 0 Å². The molecule has 18 heavy (non-hydrogen) atoms. The number of hydrogen-bond acceptors (Lipinski definition) is 2. The Bertz CT molecular complexity index is 589. The molecular formula is C11H5ClF4N2. The molecule has 0 aliphatic rings. The van der Waals surface area contributed by atoms with Crippen LogP contribution in [0.1, 0.15) is 12.1 Å². The van der Waals surface area contributed by atoms with E-state index >= 15 is 0 Å². The van der Waals surface area contributed by atoms with E-state index in [1.165, 1.54) is 6.07 Å². The molecule has 0 bridgehead atoms. The first-order valence-corrected chi connectivity index (χ1v) is 5.13. The molecule has 0 fully saturated rings. The number of rotatable bonds is 2. The second kappa shape index (κ2) is 4.89. The lowest BCUT2D eigenvalue weighted by atomic mass is 10.1. The first kappa shape index (κ1) is 12.8. The third-order valence-electron chi connectivity index (χ3n) is 2.18. The van der Waals surface area contributed by atoms with Crippen LogP contribution in [0.4, 0.5) is 17.6 Å². The van der Waals surface area contributed by atoms with Gasteiger partial charge in [-0.25, -0.2) is 27.5 Å². The Balaban J connectivity index is 2.45. The van der Waals surface area contributed by atoms with Crippen molar-refractivity contribution in [3.8, 4) is 11.3 Å². The van der Waals surface area contributed by atoms with Crippen molar-refractivity contribution in [2.45, 2.75) is 6.43 Å². The Morgan fingerprint density at radius 1 is 1.11 bits per heavy atom. The SMILES string of the molecule is Fc1ccc(-c2cnc(C(F)F)c(Cl)n2)cc1F. The molecule has 2 aromatic rings. The molecule has 0 spiro atoms. The van der Waals surface area contributed by atoms with Crippen LogP contribution in [0, 0.1) is 11.6 Å². The zero-order valence-corrected chi connectivity index (χ0v) is 9.43. The second-order valence-electron chi connectivity index (χ2n) is 3.36. The van der Waals surface area contributed by atoms with Gasteiger partial charge in [-0.3, -0.25) is 0 Å². The van der Waals surface area contributed by atoms with Gasteiger partial charge in [-0.1, -0.05) is 11.6 Å². The summed E-state index contributed by atoms with van der Waals surface area (Å²) in [6.45, 7) is 0. The van der Waals surface area contributed by atoms with Gasteiger partial charge in [-0.05, 0) is 18.2 Å². The summed E-state index contributed by atoms with van der Waals surface area (Å²) in [7, 11) is 0. The summed E-state index contributed by atoms with van der Waals surface area (Å²) in [5.41, 5.74) is -0.365. The number of hydrogen-bond donors (Lipinski definition) is 0. The molecule has 0 radical (unpaired) electrons. The highest BCUT2D eigenvalue weighted by molar-refractivity contribution is 6.30. The maximum atomic E-state index is 13.0. The van der Waals surface area contributed by atoms with Crippen LogP contribution in [0.15, 0.2) is 24.4 Å². The lowest BCUT2D eigenvalue weighted by Crippen LogP contribution is -1.96. The van der Waals surface area contributed by atoms with Gasteiger partial charge in [0, 0.05) is 5.56 Å². The Hall–Kier alpha value is -1.69. The monoisotopic (exact) mass is 276 g/mol. The van der Waals surface area contributed by atoms with Gasteiger partial charge in [-0.2, -0.15) is 0 Å². The predicted molar refractivity (Wildman–Crippen MR) is 57.4 cm³/mol. The molecular weight excluding hydrogens is 272 g/mol. The summed E-state index contributed by atoms with van der Waals surface area (Å²) in [5, 5.41) is -0.466. The molecule has 1 heterocycles. The van der Waals surface area contributed by atoms with Gasteiger partial charge in [0.15, 0.2) is 16.8 Å². The van der Waals surface area contributed by atoms with Crippen LogP contribution in [-0.4, -0.2) is 9.97 Å². The van der Waals surface area contributed by atoms with Crippen LogP contribution in [0.3, 0.4) is 0 Å². The number of halogens is 5. The van der Waals surface area contributed by atoms with Crippen molar-refractivity contribution in [1.29, 1.82) is 0 Å². The fourth-order valence-electron chi connectivity index (χ4n) is 1.32. The fourth-order valence-corrected chi connectivity index (χ4v) is 1.54. The number of alkyl halides is 2. The average Bonchev–Trinajstić information content (AvgIpc) is 2.32. The zero-order valence-electron chi connectivity index (χ0n) is 8.67. The van der Waals surface area contributed by atoms with E-state index in [4.69, 9.17) is 11.6 Å². The van der Waals surface area contributed by atoms with Gasteiger partial charge in [0.1, 0.15) is 5.69 Å². The van der Waals surface area contributed by atoms with Crippen molar-refractivity contribution in [3.63, 3.8) is 0 Å². The molecule has 0 atom stereocenters. The number of aromatic nitrogens is 2. The molecule has 7 heteroatoms. The average molecular weight is 277 g/mol. The van der Waals surface area contributed by atoms with Crippen molar-refractivity contribution in [3.05, 3.63) is 46.9 Å². The summed E-state index contributed by atoms with van der Waals surface area (Å²) < 4.78 is 50.5. The normalized spacial score (nSPS) is 11.0. The van der Waals surface area contributed by atoms with Crippen LogP contribution in [0.2, 0.25) is 5.15 Å². The molecule has 0 aliphatic heterocycles. The first-order valence-electron chi connectivity index (χ1n) is 4.75. The third kappa shape index (κ3) is 2.43. The predicted octanol–water partition coefficient (Wildman–Crippen LogP) is 4.01. The van der Waals surface area contributed by atoms with E-state index < -0.39 is 28.9 Å². The van der Waals surface area contributed by atoms with Crippen molar-refractivity contribution in [2.75, 3.05) is 0 Å². The van der Waals surface area contributed by atoms with Crippen molar-refractivity contribution in [2.24, 2.45) is 0 Å². The minimum Gasteiger partial charge on any atom is -0.250 e. The molecule has 0 aliphatic carbocycles. The highest BCUT2D eigenvalue weighted by Crippen LogP contribution is 2.26. The summed E-state index contributed by atoms with van der Waals surface area (Å²) in [5.74, 6) is -2.08. The number of benzene rings is 1. The smallest absolute Gasteiger partial charge is 0.250 e. The van der Waals surface area contributed by atoms with Gasteiger partial charge < -0.3 is 0 Å². The van der Waals surface area contributed by atoms with E-state index in [2.05, 4.69) is 9.97 Å². The van der Waals surface area contributed by atoms with Crippen LogP contribution in [0.25, 0.3) is 11.3 Å².